The van der Waals surface area contributed by atoms with Gasteiger partial charge in [0.05, 0.1) is 23.9 Å². The third kappa shape index (κ3) is 1.82. The fourth-order valence-electron chi connectivity index (χ4n) is 1.43. The first-order valence-electron chi connectivity index (χ1n) is 4.64. The number of nitrogens with zero attached hydrogens (tertiary/aromatic N) is 1. The van der Waals surface area contributed by atoms with E-state index in [1.165, 1.54) is 0 Å². The molecule has 0 saturated carbocycles. The fraction of sp³-hybridized carbons (Fsp3) is 0.200. The van der Waals surface area contributed by atoms with E-state index >= 15 is 0 Å². The van der Waals surface area contributed by atoms with Crippen molar-refractivity contribution < 1.29 is 9.90 Å². The number of fused-ring (bicyclic) bond motifs is 1. The number of aliphatic hydroxyl groups is 1. The van der Waals surface area contributed by atoms with Crippen LogP contribution < -0.4 is 5.32 Å². The first-order chi connectivity index (χ1) is 7.33. The van der Waals surface area contributed by atoms with Crippen molar-refractivity contribution in [2.24, 2.45) is 0 Å². The van der Waals surface area contributed by atoms with Gasteiger partial charge in [0.15, 0.2) is 0 Å². The Morgan fingerprint density at radius 2 is 2.40 bits per heavy atom. The van der Waals surface area contributed by atoms with Gasteiger partial charge in [0.1, 0.15) is 0 Å². The summed E-state index contributed by atoms with van der Waals surface area (Å²) in [4.78, 5) is 11.7. The molecule has 0 aliphatic rings. The van der Waals surface area contributed by atoms with E-state index in [0.29, 0.717) is 5.56 Å². The van der Waals surface area contributed by atoms with Crippen LogP contribution in [0.15, 0.2) is 24.4 Å². The number of hydrogen-bond acceptors (Lipinski definition) is 3. The van der Waals surface area contributed by atoms with E-state index in [1.807, 2.05) is 6.07 Å². The van der Waals surface area contributed by atoms with Gasteiger partial charge in [-0.1, -0.05) is 6.07 Å². The van der Waals surface area contributed by atoms with Gasteiger partial charge in [0.2, 0.25) is 0 Å². The van der Waals surface area contributed by atoms with E-state index in [-0.39, 0.29) is 19.1 Å². The highest BCUT2D eigenvalue weighted by Gasteiger charge is 2.09. The molecule has 5 heteroatoms. The van der Waals surface area contributed by atoms with E-state index in [9.17, 15) is 4.79 Å². The van der Waals surface area contributed by atoms with Crippen LogP contribution in [0, 0.1) is 0 Å². The van der Waals surface area contributed by atoms with Gasteiger partial charge in [-0.25, -0.2) is 0 Å². The molecule has 1 aromatic heterocycles. The number of amides is 1. The Bertz CT molecular complexity index is 478. The summed E-state index contributed by atoms with van der Waals surface area (Å²) in [6.07, 6.45) is 1.61. The van der Waals surface area contributed by atoms with Gasteiger partial charge in [-0.05, 0) is 12.1 Å². The Kier molecular flexibility index (Phi) is 2.64. The number of carbonyl (C=O) groups is 1. The largest absolute Gasteiger partial charge is 0.395 e. The Labute approximate surface area is 86.1 Å². The Morgan fingerprint density at radius 1 is 1.53 bits per heavy atom. The lowest BCUT2D eigenvalue weighted by atomic mass is 10.1. The standard InChI is InChI=1S/C10H11N3O2/c14-5-4-11-10(15)7-2-1-3-9-8(7)6-12-13-9/h1-3,6,14H,4-5H2,(H,11,15)(H,12,13). The molecule has 0 aliphatic heterocycles. The molecule has 0 radical (unpaired) electrons. The molecule has 0 spiro atoms. The molecule has 0 fully saturated rings. The highest BCUT2D eigenvalue weighted by molar-refractivity contribution is 6.05. The summed E-state index contributed by atoms with van der Waals surface area (Å²) < 4.78 is 0. The van der Waals surface area contributed by atoms with Gasteiger partial charge in [-0.3, -0.25) is 9.89 Å². The van der Waals surface area contributed by atoms with Crippen molar-refractivity contribution in [3.63, 3.8) is 0 Å². The average Bonchev–Trinajstić information content (AvgIpc) is 2.73. The van der Waals surface area contributed by atoms with E-state index in [2.05, 4.69) is 15.5 Å². The molecule has 0 aliphatic carbocycles. The number of hydrogen-bond donors (Lipinski definition) is 3. The molecule has 2 aromatic rings. The predicted molar refractivity (Wildman–Crippen MR) is 55.5 cm³/mol. The van der Waals surface area contributed by atoms with Gasteiger partial charge >= 0.3 is 0 Å². The van der Waals surface area contributed by atoms with Crippen molar-refractivity contribution in [1.29, 1.82) is 0 Å². The molecule has 0 atom stereocenters. The summed E-state index contributed by atoms with van der Waals surface area (Å²) in [7, 11) is 0. The normalized spacial score (nSPS) is 10.5. The van der Waals surface area contributed by atoms with Crippen molar-refractivity contribution >= 4 is 16.8 Å². The molecule has 3 N–H and O–H groups in total. The van der Waals surface area contributed by atoms with Crippen molar-refractivity contribution in [2.45, 2.75) is 0 Å². The van der Waals surface area contributed by atoms with Crippen LogP contribution in [0.2, 0.25) is 0 Å². The smallest absolute Gasteiger partial charge is 0.252 e. The van der Waals surface area contributed by atoms with Crippen molar-refractivity contribution in [3.05, 3.63) is 30.0 Å². The lowest BCUT2D eigenvalue weighted by Crippen LogP contribution is -2.26. The molecular weight excluding hydrogens is 194 g/mol. The first kappa shape index (κ1) is 9.67. The molecule has 1 amide bonds. The second-order valence-corrected chi connectivity index (χ2v) is 3.12. The zero-order chi connectivity index (χ0) is 10.7. The van der Waals surface area contributed by atoms with Gasteiger partial charge in [-0.2, -0.15) is 5.10 Å². The number of carbonyl (C=O) groups excluding carboxylic acids is 1. The van der Waals surface area contributed by atoms with E-state index in [4.69, 9.17) is 5.11 Å². The van der Waals surface area contributed by atoms with Crippen LogP contribution in [0.25, 0.3) is 10.9 Å². The number of rotatable bonds is 3. The minimum Gasteiger partial charge on any atom is -0.395 e. The lowest BCUT2D eigenvalue weighted by Gasteiger charge is -2.03. The summed E-state index contributed by atoms with van der Waals surface area (Å²) in [5.74, 6) is -0.198. The van der Waals surface area contributed by atoms with E-state index in [1.54, 1.807) is 18.3 Å². The number of H-pyrrole nitrogens is 1. The molecule has 78 valence electrons. The van der Waals surface area contributed by atoms with Gasteiger partial charge in [0, 0.05) is 11.9 Å². The van der Waals surface area contributed by atoms with Crippen molar-refractivity contribution in [3.8, 4) is 0 Å². The lowest BCUT2D eigenvalue weighted by molar-refractivity contribution is 0.0946. The Balaban J connectivity index is 2.34. The van der Waals surface area contributed by atoms with Crippen LogP contribution >= 0.6 is 0 Å². The highest BCUT2D eigenvalue weighted by Crippen LogP contribution is 2.15. The van der Waals surface area contributed by atoms with E-state index < -0.39 is 0 Å². The fourth-order valence-corrected chi connectivity index (χ4v) is 1.43. The molecule has 0 unspecified atom stereocenters. The summed E-state index contributed by atoms with van der Waals surface area (Å²) in [5.41, 5.74) is 1.39. The first-order valence-corrected chi connectivity index (χ1v) is 4.64. The molecule has 5 nitrogen and oxygen atoms in total. The van der Waals surface area contributed by atoms with Crippen LogP contribution in [0.5, 0.6) is 0 Å². The number of aliphatic hydroxyl groups excluding tert-OH is 1. The topological polar surface area (TPSA) is 78.0 Å². The molecule has 0 saturated heterocycles. The summed E-state index contributed by atoms with van der Waals surface area (Å²) in [6, 6.07) is 5.37. The number of aromatic nitrogens is 2. The zero-order valence-electron chi connectivity index (χ0n) is 8.03. The second-order valence-electron chi connectivity index (χ2n) is 3.12. The molecule has 1 aromatic carbocycles. The highest BCUT2D eigenvalue weighted by atomic mass is 16.3. The average molecular weight is 205 g/mol. The van der Waals surface area contributed by atoms with Crippen molar-refractivity contribution in [2.75, 3.05) is 13.2 Å². The van der Waals surface area contributed by atoms with Crippen LogP contribution in [0.3, 0.4) is 0 Å². The predicted octanol–water partition coefficient (Wildman–Crippen LogP) is 0.285. The van der Waals surface area contributed by atoms with Crippen molar-refractivity contribution in [1.82, 2.24) is 15.5 Å². The molecule has 0 bridgehead atoms. The van der Waals surface area contributed by atoms with Gasteiger partial charge in [0.25, 0.3) is 5.91 Å². The second kappa shape index (κ2) is 4.10. The van der Waals surface area contributed by atoms with Gasteiger partial charge in [-0.15, -0.1) is 0 Å². The number of benzene rings is 1. The number of aromatic amines is 1. The third-order valence-corrected chi connectivity index (χ3v) is 2.13. The number of nitrogens with one attached hydrogen (secondary N) is 2. The molecule has 2 rings (SSSR count). The molecule has 1 heterocycles. The molecule has 15 heavy (non-hydrogen) atoms. The van der Waals surface area contributed by atoms with Crippen LogP contribution in [0.4, 0.5) is 0 Å². The van der Waals surface area contributed by atoms with Gasteiger partial charge < -0.3 is 10.4 Å². The minimum absolute atomic E-state index is 0.0624. The summed E-state index contributed by atoms with van der Waals surface area (Å²) in [6.45, 7) is 0.195. The summed E-state index contributed by atoms with van der Waals surface area (Å²) >= 11 is 0. The zero-order valence-corrected chi connectivity index (χ0v) is 8.03. The molecular formula is C10H11N3O2. The maximum Gasteiger partial charge on any atom is 0.252 e. The maximum atomic E-state index is 11.7. The monoisotopic (exact) mass is 205 g/mol. The van der Waals surface area contributed by atoms with Crippen LogP contribution in [-0.2, 0) is 0 Å². The van der Waals surface area contributed by atoms with E-state index in [0.717, 1.165) is 10.9 Å². The minimum atomic E-state index is -0.198. The SMILES string of the molecule is O=C(NCCO)c1cccc2[nH]ncc12. The third-order valence-electron chi connectivity index (χ3n) is 2.13. The Hall–Kier alpha value is -1.88. The quantitative estimate of drug-likeness (QED) is 0.673. The maximum absolute atomic E-state index is 11.7. The van der Waals surface area contributed by atoms with Crippen LogP contribution in [-0.4, -0.2) is 34.4 Å². The summed E-state index contributed by atoms with van der Waals surface area (Å²) in [5, 5.41) is 18.6. The Morgan fingerprint density at radius 3 is 3.20 bits per heavy atom. The van der Waals surface area contributed by atoms with Crippen LogP contribution in [0.1, 0.15) is 10.4 Å².